The number of aliphatic imine (C=N–C) groups is 2. The van der Waals surface area contributed by atoms with Crippen LogP contribution in [0.1, 0.15) is 0 Å². The predicted molar refractivity (Wildman–Crippen MR) is 45.3 cm³/mol. The van der Waals surface area contributed by atoms with Crippen molar-refractivity contribution < 1.29 is 14.3 Å². The molecule has 68 valence electrons. The van der Waals surface area contributed by atoms with Crippen molar-refractivity contribution in [1.82, 2.24) is 0 Å². The van der Waals surface area contributed by atoms with Gasteiger partial charge in [-0.15, -0.1) is 0 Å². The van der Waals surface area contributed by atoms with E-state index in [1.54, 1.807) is 0 Å². The van der Waals surface area contributed by atoms with Gasteiger partial charge in [-0.25, -0.2) is 9.59 Å². The summed E-state index contributed by atoms with van der Waals surface area (Å²) in [6, 6.07) is 0. The molecule has 0 aliphatic heterocycles. The van der Waals surface area contributed by atoms with Gasteiger partial charge in [0, 0.05) is 0 Å². The molecule has 0 amide bonds. The molecule has 5 heteroatoms. The van der Waals surface area contributed by atoms with Gasteiger partial charge in [0.25, 0.3) is 0 Å². The molecule has 0 aliphatic carbocycles. The van der Waals surface area contributed by atoms with Crippen molar-refractivity contribution in [3.05, 3.63) is 25.3 Å². The van der Waals surface area contributed by atoms with Crippen LogP contribution in [0.15, 0.2) is 35.3 Å². The number of nitrogens with zero attached hydrogens (tertiary/aromatic N) is 2. The van der Waals surface area contributed by atoms with E-state index >= 15 is 0 Å². The lowest BCUT2D eigenvalue weighted by molar-refractivity contribution is 0.0524. The van der Waals surface area contributed by atoms with Gasteiger partial charge in [0.15, 0.2) is 12.5 Å². The maximum Gasteiger partial charge on any atom is 0.238 e. The number of hydrogen-bond donors (Lipinski definition) is 0. The van der Waals surface area contributed by atoms with Crippen molar-refractivity contribution in [2.45, 2.75) is 12.5 Å². The minimum absolute atomic E-state index is 0.877. The van der Waals surface area contributed by atoms with E-state index in [4.69, 9.17) is 4.74 Å². The fourth-order valence-corrected chi connectivity index (χ4v) is 0.524. The van der Waals surface area contributed by atoms with E-state index < -0.39 is 12.5 Å². The van der Waals surface area contributed by atoms with E-state index in [1.807, 2.05) is 0 Å². The Bertz CT molecular complexity index is 247. The van der Waals surface area contributed by atoms with Crippen molar-refractivity contribution in [1.29, 1.82) is 0 Å². The van der Waals surface area contributed by atoms with Gasteiger partial charge < -0.3 is 4.74 Å². The standard InChI is InChI=1S/C8H8N2O3/c1-3-7(9-5-11)13-8(4-2)10-6-12/h3-4,7-8H,1-2H2. The molecular formula is C8H8N2O3. The van der Waals surface area contributed by atoms with E-state index in [0.29, 0.717) is 0 Å². The zero-order chi connectivity index (χ0) is 10.1. The molecule has 13 heavy (non-hydrogen) atoms. The SMILES string of the molecule is C=CC(N=C=O)OC(C=C)N=C=O. The first-order chi connectivity index (χ1) is 6.28. The third kappa shape index (κ3) is 4.61. The lowest BCUT2D eigenvalue weighted by Gasteiger charge is -2.09. The third-order valence-corrected chi connectivity index (χ3v) is 1.04. The Kier molecular flexibility index (Phi) is 5.93. The van der Waals surface area contributed by atoms with Gasteiger partial charge >= 0.3 is 0 Å². The highest BCUT2D eigenvalue weighted by Gasteiger charge is 2.07. The van der Waals surface area contributed by atoms with Crippen LogP contribution in [-0.2, 0) is 14.3 Å². The Balaban J connectivity index is 4.34. The molecule has 0 aromatic carbocycles. The maximum absolute atomic E-state index is 9.85. The molecule has 0 spiro atoms. The molecule has 0 rings (SSSR count). The number of isocyanates is 2. The highest BCUT2D eigenvalue weighted by molar-refractivity contribution is 5.34. The molecule has 0 heterocycles. The summed E-state index contributed by atoms with van der Waals surface area (Å²) in [6.07, 6.45) is 3.37. The van der Waals surface area contributed by atoms with Crippen molar-refractivity contribution in [2.24, 2.45) is 9.98 Å². The van der Waals surface area contributed by atoms with Gasteiger partial charge in [-0.2, -0.15) is 9.98 Å². The summed E-state index contributed by atoms with van der Waals surface area (Å²) in [5.41, 5.74) is 0. The second-order valence-electron chi connectivity index (χ2n) is 1.83. The van der Waals surface area contributed by atoms with Gasteiger partial charge in [-0.05, 0) is 12.2 Å². The zero-order valence-corrected chi connectivity index (χ0v) is 6.84. The molecule has 2 atom stereocenters. The topological polar surface area (TPSA) is 68.1 Å². The van der Waals surface area contributed by atoms with Crippen molar-refractivity contribution in [2.75, 3.05) is 0 Å². The predicted octanol–water partition coefficient (Wildman–Crippen LogP) is 0.699. The van der Waals surface area contributed by atoms with E-state index in [2.05, 4.69) is 23.1 Å². The third-order valence-electron chi connectivity index (χ3n) is 1.04. The van der Waals surface area contributed by atoms with E-state index in [0.717, 1.165) is 0 Å². The molecule has 0 saturated heterocycles. The molecule has 0 saturated carbocycles. The van der Waals surface area contributed by atoms with E-state index in [1.165, 1.54) is 24.3 Å². The average Bonchev–Trinajstić information content (AvgIpc) is 2.16. The van der Waals surface area contributed by atoms with Gasteiger partial charge in [0.1, 0.15) is 0 Å². The second-order valence-corrected chi connectivity index (χ2v) is 1.83. The molecule has 0 aliphatic rings. The molecule has 0 aromatic heterocycles. The van der Waals surface area contributed by atoms with Gasteiger partial charge in [0.2, 0.25) is 12.2 Å². The van der Waals surface area contributed by atoms with E-state index in [-0.39, 0.29) is 0 Å². The minimum Gasteiger partial charge on any atom is -0.323 e. The average molecular weight is 180 g/mol. The van der Waals surface area contributed by atoms with Crippen molar-refractivity contribution in [3.8, 4) is 0 Å². The fraction of sp³-hybridized carbons (Fsp3) is 0.250. The Labute approximate surface area is 75.1 Å². The maximum atomic E-state index is 9.85. The minimum atomic E-state index is -0.877. The summed E-state index contributed by atoms with van der Waals surface area (Å²) < 4.78 is 4.94. The molecule has 0 N–H and O–H groups in total. The van der Waals surface area contributed by atoms with Gasteiger partial charge in [-0.3, -0.25) is 0 Å². The number of carbonyl (C=O) groups excluding carboxylic acids is 2. The summed E-state index contributed by atoms with van der Waals surface area (Å²) in [5.74, 6) is 0. The highest BCUT2D eigenvalue weighted by Crippen LogP contribution is 2.02. The summed E-state index contributed by atoms with van der Waals surface area (Å²) in [5, 5.41) is 0. The molecule has 0 aromatic rings. The molecule has 0 radical (unpaired) electrons. The largest absolute Gasteiger partial charge is 0.323 e. The van der Waals surface area contributed by atoms with Gasteiger partial charge in [0.05, 0.1) is 0 Å². The molecular weight excluding hydrogens is 172 g/mol. The second kappa shape index (κ2) is 6.88. The summed E-state index contributed by atoms with van der Waals surface area (Å²) >= 11 is 0. The van der Waals surface area contributed by atoms with Crippen LogP contribution in [0.2, 0.25) is 0 Å². The number of ether oxygens (including phenoxy) is 1. The van der Waals surface area contributed by atoms with Crippen LogP contribution in [0, 0.1) is 0 Å². The monoisotopic (exact) mass is 180 g/mol. The summed E-state index contributed by atoms with van der Waals surface area (Å²) in [7, 11) is 0. The lowest BCUT2D eigenvalue weighted by atomic mass is 10.5. The van der Waals surface area contributed by atoms with Crippen molar-refractivity contribution in [3.63, 3.8) is 0 Å². The quantitative estimate of drug-likeness (QED) is 0.343. The van der Waals surface area contributed by atoms with Gasteiger partial charge in [-0.1, -0.05) is 13.2 Å². The smallest absolute Gasteiger partial charge is 0.238 e. The Hall–Kier alpha value is -1.80. The normalized spacial score (nSPS) is 12.9. The number of rotatable bonds is 6. The fourth-order valence-electron chi connectivity index (χ4n) is 0.524. The van der Waals surface area contributed by atoms with Crippen molar-refractivity contribution >= 4 is 12.2 Å². The highest BCUT2D eigenvalue weighted by atomic mass is 16.5. The summed E-state index contributed by atoms with van der Waals surface area (Å²) in [4.78, 5) is 26.2. The zero-order valence-electron chi connectivity index (χ0n) is 6.84. The lowest BCUT2D eigenvalue weighted by Crippen LogP contribution is -2.14. The van der Waals surface area contributed by atoms with Crippen LogP contribution in [-0.4, -0.2) is 24.6 Å². The first kappa shape index (κ1) is 11.2. The molecule has 0 bridgehead atoms. The van der Waals surface area contributed by atoms with Crippen LogP contribution >= 0.6 is 0 Å². The Morgan fingerprint density at radius 3 is 1.69 bits per heavy atom. The number of hydrogen-bond acceptors (Lipinski definition) is 5. The van der Waals surface area contributed by atoms with Crippen LogP contribution < -0.4 is 0 Å². The first-order valence-corrected chi connectivity index (χ1v) is 3.33. The molecule has 5 nitrogen and oxygen atoms in total. The summed E-state index contributed by atoms with van der Waals surface area (Å²) in [6.45, 7) is 6.71. The van der Waals surface area contributed by atoms with Crippen LogP contribution in [0.3, 0.4) is 0 Å². The Morgan fingerprint density at radius 1 is 1.08 bits per heavy atom. The van der Waals surface area contributed by atoms with Crippen LogP contribution in [0.25, 0.3) is 0 Å². The first-order valence-electron chi connectivity index (χ1n) is 3.33. The van der Waals surface area contributed by atoms with Crippen LogP contribution in [0.4, 0.5) is 0 Å². The molecule has 2 unspecified atom stereocenters. The molecule has 0 fully saturated rings. The Morgan fingerprint density at radius 2 is 1.46 bits per heavy atom. The van der Waals surface area contributed by atoms with E-state index in [9.17, 15) is 9.59 Å². The van der Waals surface area contributed by atoms with Crippen LogP contribution in [0.5, 0.6) is 0 Å².